The SMILES string of the molecule is CN1CCCC[C@@H]1C(=O)C(F)(F)F. The van der Waals surface area contributed by atoms with Gasteiger partial charge in [0.2, 0.25) is 0 Å². The van der Waals surface area contributed by atoms with E-state index in [0.29, 0.717) is 19.4 Å². The summed E-state index contributed by atoms with van der Waals surface area (Å²) in [5, 5.41) is 0. The van der Waals surface area contributed by atoms with E-state index in [1.807, 2.05) is 0 Å². The van der Waals surface area contributed by atoms with Gasteiger partial charge in [-0.15, -0.1) is 0 Å². The molecule has 1 aliphatic heterocycles. The number of hydrogen-bond donors (Lipinski definition) is 0. The maximum absolute atomic E-state index is 12.0. The molecule has 0 radical (unpaired) electrons. The number of ketones is 1. The summed E-state index contributed by atoms with van der Waals surface area (Å²) in [4.78, 5) is 12.3. The minimum atomic E-state index is -4.68. The molecule has 1 atom stereocenters. The molecule has 0 bridgehead atoms. The Morgan fingerprint density at radius 3 is 2.46 bits per heavy atom. The van der Waals surface area contributed by atoms with Gasteiger partial charge in [-0.2, -0.15) is 13.2 Å². The first-order valence-corrected chi connectivity index (χ1v) is 4.24. The number of nitrogens with zero attached hydrogens (tertiary/aromatic N) is 1. The third-order valence-electron chi connectivity index (χ3n) is 2.35. The second kappa shape index (κ2) is 3.65. The van der Waals surface area contributed by atoms with Gasteiger partial charge >= 0.3 is 6.18 Å². The van der Waals surface area contributed by atoms with Gasteiger partial charge in [-0.3, -0.25) is 9.69 Å². The Bertz CT molecular complexity index is 202. The Kier molecular flexibility index (Phi) is 2.95. The number of alkyl halides is 3. The van der Waals surface area contributed by atoms with E-state index in [0.717, 1.165) is 6.42 Å². The fourth-order valence-corrected chi connectivity index (χ4v) is 1.60. The van der Waals surface area contributed by atoms with Gasteiger partial charge in [-0.05, 0) is 26.4 Å². The number of likely N-dealkylation sites (N-methyl/N-ethyl adjacent to an activating group) is 1. The van der Waals surface area contributed by atoms with E-state index >= 15 is 0 Å². The van der Waals surface area contributed by atoms with Gasteiger partial charge in [0.05, 0.1) is 6.04 Å². The van der Waals surface area contributed by atoms with Crippen molar-refractivity contribution in [3.63, 3.8) is 0 Å². The molecule has 1 fully saturated rings. The smallest absolute Gasteiger partial charge is 0.296 e. The molecule has 0 aliphatic carbocycles. The fourth-order valence-electron chi connectivity index (χ4n) is 1.60. The summed E-state index contributed by atoms with van der Waals surface area (Å²) >= 11 is 0. The Morgan fingerprint density at radius 2 is 2.00 bits per heavy atom. The molecule has 0 aromatic rings. The van der Waals surface area contributed by atoms with Crippen LogP contribution < -0.4 is 0 Å². The van der Waals surface area contributed by atoms with Crippen LogP contribution in [0.25, 0.3) is 0 Å². The quantitative estimate of drug-likeness (QED) is 0.633. The summed E-state index contributed by atoms with van der Waals surface area (Å²) < 4.78 is 36.1. The molecule has 0 amide bonds. The number of halogens is 3. The first kappa shape index (κ1) is 10.5. The standard InChI is InChI=1S/C8H12F3NO/c1-12-5-3-2-4-6(12)7(13)8(9,10)11/h6H,2-5H2,1H3/t6-/m1/s1. The van der Waals surface area contributed by atoms with E-state index in [2.05, 4.69) is 0 Å². The molecular formula is C8H12F3NO. The second-order valence-electron chi connectivity index (χ2n) is 3.35. The lowest BCUT2D eigenvalue weighted by molar-refractivity contribution is -0.177. The molecule has 0 saturated carbocycles. The van der Waals surface area contributed by atoms with Crippen LogP contribution in [-0.2, 0) is 4.79 Å². The van der Waals surface area contributed by atoms with E-state index in [1.165, 1.54) is 4.90 Å². The van der Waals surface area contributed by atoms with Crippen molar-refractivity contribution < 1.29 is 18.0 Å². The van der Waals surface area contributed by atoms with Crippen LogP contribution in [0.1, 0.15) is 19.3 Å². The van der Waals surface area contributed by atoms with Gasteiger partial charge in [0.25, 0.3) is 5.78 Å². The van der Waals surface area contributed by atoms with Crippen molar-refractivity contribution in [3.05, 3.63) is 0 Å². The monoisotopic (exact) mass is 195 g/mol. The zero-order valence-electron chi connectivity index (χ0n) is 7.40. The highest BCUT2D eigenvalue weighted by atomic mass is 19.4. The highest BCUT2D eigenvalue weighted by Gasteiger charge is 2.44. The summed E-state index contributed by atoms with van der Waals surface area (Å²) in [6, 6.07) is -0.950. The zero-order valence-corrected chi connectivity index (χ0v) is 7.40. The van der Waals surface area contributed by atoms with Crippen molar-refractivity contribution in [2.24, 2.45) is 0 Å². The van der Waals surface area contributed by atoms with Gasteiger partial charge in [-0.25, -0.2) is 0 Å². The average molecular weight is 195 g/mol. The van der Waals surface area contributed by atoms with Crippen molar-refractivity contribution in [2.75, 3.05) is 13.6 Å². The van der Waals surface area contributed by atoms with Crippen LogP contribution in [0, 0.1) is 0 Å². The molecule has 0 spiro atoms. The van der Waals surface area contributed by atoms with Gasteiger partial charge in [0.1, 0.15) is 0 Å². The molecule has 0 unspecified atom stereocenters. The summed E-state index contributed by atoms with van der Waals surface area (Å²) in [5.41, 5.74) is 0. The van der Waals surface area contributed by atoms with Crippen LogP contribution in [0.3, 0.4) is 0 Å². The molecule has 0 N–H and O–H groups in total. The Labute approximate surface area is 74.7 Å². The van der Waals surface area contributed by atoms with E-state index in [9.17, 15) is 18.0 Å². The van der Waals surface area contributed by atoms with Gasteiger partial charge in [0, 0.05) is 0 Å². The van der Waals surface area contributed by atoms with Crippen molar-refractivity contribution in [1.29, 1.82) is 0 Å². The van der Waals surface area contributed by atoms with Crippen LogP contribution in [0.5, 0.6) is 0 Å². The lowest BCUT2D eigenvalue weighted by Gasteiger charge is -2.31. The molecule has 13 heavy (non-hydrogen) atoms. The first-order valence-electron chi connectivity index (χ1n) is 4.24. The molecule has 0 aromatic carbocycles. The second-order valence-corrected chi connectivity index (χ2v) is 3.35. The Morgan fingerprint density at radius 1 is 1.38 bits per heavy atom. The van der Waals surface area contributed by atoms with Crippen LogP contribution in [0.4, 0.5) is 13.2 Å². The number of piperidine rings is 1. The minimum Gasteiger partial charge on any atom is -0.296 e. The Balaban J connectivity index is 2.64. The van der Waals surface area contributed by atoms with Crippen molar-refractivity contribution in [1.82, 2.24) is 4.90 Å². The van der Waals surface area contributed by atoms with Crippen LogP contribution >= 0.6 is 0 Å². The molecule has 1 aliphatic rings. The molecule has 0 aromatic heterocycles. The largest absolute Gasteiger partial charge is 0.451 e. The predicted octanol–water partition coefficient (Wildman–Crippen LogP) is 1.60. The molecule has 1 heterocycles. The minimum absolute atomic E-state index is 0.328. The molecule has 5 heteroatoms. The fraction of sp³-hybridized carbons (Fsp3) is 0.875. The zero-order chi connectivity index (χ0) is 10.1. The molecule has 2 nitrogen and oxygen atoms in total. The number of Topliss-reactive ketones (excluding diaryl/α,β-unsaturated/α-hetero) is 1. The lowest BCUT2D eigenvalue weighted by Crippen LogP contribution is -2.47. The molecule has 76 valence electrons. The topological polar surface area (TPSA) is 20.3 Å². The molecule has 1 saturated heterocycles. The predicted molar refractivity (Wildman–Crippen MR) is 41.3 cm³/mol. The average Bonchev–Trinajstić information content (AvgIpc) is 2.02. The van der Waals surface area contributed by atoms with Crippen LogP contribution in [-0.4, -0.2) is 36.5 Å². The molecule has 1 rings (SSSR count). The maximum atomic E-state index is 12.0. The number of carbonyl (C=O) groups is 1. The van der Waals surface area contributed by atoms with E-state index in [-0.39, 0.29) is 0 Å². The van der Waals surface area contributed by atoms with Crippen molar-refractivity contribution in [3.8, 4) is 0 Å². The van der Waals surface area contributed by atoms with Crippen LogP contribution in [0.15, 0.2) is 0 Å². The highest BCUT2D eigenvalue weighted by molar-refractivity contribution is 5.89. The summed E-state index contributed by atoms with van der Waals surface area (Å²) in [6.07, 6.45) is -2.78. The van der Waals surface area contributed by atoms with E-state index in [4.69, 9.17) is 0 Å². The normalized spacial score (nSPS) is 26.0. The number of likely N-dealkylation sites (tertiary alicyclic amines) is 1. The van der Waals surface area contributed by atoms with E-state index < -0.39 is 18.0 Å². The third kappa shape index (κ3) is 2.43. The summed E-state index contributed by atoms with van der Waals surface area (Å²) in [7, 11) is 1.56. The maximum Gasteiger partial charge on any atom is 0.451 e. The lowest BCUT2D eigenvalue weighted by atomic mass is 9.99. The molecular weight excluding hydrogens is 183 g/mol. The van der Waals surface area contributed by atoms with Crippen LogP contribution in [0.2, 0.25) is 0 Å². The Hall–Kier alpha value is -0.580. The number of carbonyl (C=O) groups excluding carboxylic acids is 1. The number of hydrogen-bond acceptors (Lipinski definition) is 2. The third-order valence-corrected chi connectivity index (χ3v) is 2.35. The van der Waals surface area contributed by atoms with Gasteiger partial charge in [-0.1, -0.05) is 6.42 Å². The van der Waals surface area contributed by atoms with Gasteiger partial charge in [0.15, 0.2) is 0 Å². The summed E-state index contributed by atoms with van der Waals surface area (Å²) in [5.74, 6) is -1.60. The van der Waals surface area contributed by atoms with E-state index in [1.54, 1.807) is 7.05 Å². The van der Waals surface area contributed by atoms with Crippen molar-refractivity contribution in [2.45, 2.75) is 31.5 Å². The number of rotatable bonds is 1. The van der Waals surface area contributed by atoms with Crippen molar-refractivity contribution >= 4 is 5.78 Å². The summed E-state index contributed by atoms with van der Waals surface area (Å²) in [6.45, 7) is 0.576. The highest BCUT2D eigenvalue weighted by Crippen LogP contribution is 2.25. The first-order chi connectivity index (χ1) is 5.93. The van der Waals surface area contributed by atoms with Gasteiger partial charge < -0.3 is 0 Å².